The van der Waals surface area contributed by atoms with Crippen LogP contribution in [0.3, 0.4) is 0 Å². The molecule has 1 atom stereocenters. The molecule has 2 N–H and O–H groups in total. The molecule has 0 aliphatic rings. The fraction of sp³-hybridized carbons (Fsp3) is 0.500. The average molecular weight is 251 g/mol. The van der Waals surface area contributed by atoms with E-state index in [1.807, 2.05) is 19.1 Å². The van der Waals surface area contributed by atoms with E-state index in [0.717, 1.165) is 18.4 Å². The predicted molar refractivity (Wildman–Crippen MR) is 70.9 cm³/mol. The van der Waals surface area contributed by atoms with Crippen LogP contribution in [0.2, 0.25) is 0 Å². The van der Waals surface area contributed by atoms with Gasteiger partial charge in [-0.3, -0.25) is 4.79 Å². The molecule has 0 amide bonds. The molecular weight excluding hydrogens is 230 g/mol. The van der Waals surface area contributed by atoms with Gasteiger partial charge in [0.05, 0.1) is 6.61 Å². The number of esters is 1. The largest absolute Gasteiger partial charge is 0.490 e. The molecule has 0 aliphatic heterocycles. The smallest absolute Gasteiger partial charge is 0.308 e. The van der Waals surface area contributed by atoms with Crippen molar-refractivity contribution in [2.45, 2.75) is 39.7 Å². The molecular formula is C14H21NO3. The third-order valence-electron chi connectivity index (χ3n) is 2.58. The third-order valence-corrected chi connectivity index (χ3v) is 2.58. The van der Waals surface area contributed by atoms with Gasteiger partial charge in [0, 0.05) is 13.0 Å². The maximum Gasteiger partial charge on any atom is 0.308 e. The molecule has 18 heavy (non-hydrogen) atoms. The number of hydrogen-bond donors (Lipinski definition) is 1. The fourth-order valence-electron chi connectivity index (χ4n) is 1.63. The highest BCUT2D eigenvalue weighted by molar-refractivity contribution is 5.70. The number of carbonyl (C=O) groups excluding carboxylic acids is 1. The maximum absolute atomic E-state index is 11.0. The topological polar surface area (TPSA) is 61.6 Å². The summed E-state index contributed by atoms with van der Waals surface area (Å²) < 4.78 is 10.6. The molecule has 0 aliphatic carbocycles. The summed E-state index contributed by atoms with van der Waals surface area (Å²) in [6, 6.07) is 5.69. The molecule has 0 radical (unpaired) electrons. The second-order valence-electron chi connectivity index (χ2n) is 4.18. The SMILES string of the molecule is CCOc1cc(CC(N)CC)ccc1OC(C)=O. The average Bonchev–Trinajstić information content (AvgIpc) is 2.32. The first kappa shape index (κ1) is 14.5. The zero-order valence-corrected chi connectivity index (χ0v) is 11.2. The van der Waals surface area contributed by atoms with Crippen molar-refractivity contribution in [1.82, 2.24) is 0 Å². The molecule has 0 heterocycles. The van der Waals surface area contributed by atoms with Crippen molar-refractivity contribution < 1.29 is 14.3 Å². The predicted octanol–water partition coefficient (Wildman–Crippen LogP) is 2.29. The molecule has 1 aromatic rings. The maximum atomic E-state index is 11.0. The Morgan fingerprint density at radius 3 is 2.61 bits per heavy atom. The number of hydrogen-bond acceptors (Lipinski definition) is 4. The highest BCUT2D eigenvalue weighted by Crippen LogP contribution is 2.29. The van der Waals surface area contributed by atoms with Crippen LogP contribution >= 0.6 is 0 Å². The van der Waals surface area contributed by atoms with Gasteiger partial charge in [-0.25, -0.2) is 0 Å². The van der Waals surface area contributed by atoms with Gasteiger partial charge < -0.3 is 15.2 Å². The molecule has 1 rings (SSSR count). The van der Waals surface area contributed by atoms with Gasteiger partial charge in [0.1, 0.15) is 0 Å². The van der Waals surface area contributed by atoms with E-state index in [1.165, 1.54) is 6.92 Å². The van der Waals surface area contributed by atoms with Crippen LogP contribution in [0.15, 0.2) is 18.2 Å². The quantitative estimate of drug-likeness (QED) is 0.622. The van der Waals surface area contributed by atoms with Gasteiger partial charge in [-0.2, -0.15) is 0 Å². The van der Waals surface area contributed by atoms with E-state index in [2.05, 4.69) is 6.92 Å². The van der Waals surface area contributed by atoms with Gasteiger partial charge >= 0.3 is 5.97 Å². The van der Waals surface area contributed by atoms with Crippen molar-refractivity contribution in [1.29, 1.82) is 0 Å². The van der Waals surface area contributed by atoms with E-state index in [9.17, 15) is 4.79 Å². The molecule has 0 aromatic heterocycles. The number of ether oxygens (including phenoxy) is 2. The highest BCUT2D eigenvalue weighted by atomic mass is 16.6. The van der Waals surface area contributed by atoms with Crippen LogP contribution < -0.4 is 15.2 Å². The molecule has 0 saturated carbocycles. The second kappa shape index (κ2) is 7.01. The Bertz CT molecular complexity index is 404. The normalized spacial score (nSPS) is 12.0. The Kier molecular flexibility index (Phi) is 5.65. The summed E-state index contributed by atoms with van der Waals surface area (Å²) in [6.45, 7) is 5.84. The lowest BCUT2D eigenvalue weighted by molar-refractivity contribution is -0.132. The summed E-state index contributed by atoms with van der Waals surface area (Å²) in [7, 11) is 0. The van der Waals surface area contributed by atoms with E-state index >= 15 is 0 Å². The summed E-state index contributed by atoms with van der Waals surface area (Å²) in [6.07, 6.45) is 1.71. The molecule has 0 bridgehead atoms. The minimum atomic E-state index is -0.353. The van der Waals surface area contributed by atoms with Gasteiger partial charge in [-0.15, -0.1) is 0 Å². The van der Waals surface area contributed by atoms with Gasteiger partial charge in [0.2, 0.25) is 0 Å². The number of rotatable bonds is 6. The summed E-state index contributed by atoms with van der Waals surface area (Å²) in [5.74, 6) is 0.695. The van der Waals surface area contributed by atoms with Crippen LogP contribution in [0.5, 0.6) is 11.5 Å². The Labute approximate surface area is 108 Å². The molecule has 1 aromatic carbocycles. The lowest BCUT2D eigenvalue weighted by atomic mass is 10.0. The first-order valence-corrected chi connectivity index (χ1v) is 6.26. The first-order chi connectivity index (χ1) is 8.56. The van der Waals surface area contributed by atoms with Crippen LogP contribution in [0.25, 0.3) is 0 Å². The van der Waals surface area contributed by atoms with Crippen LogP contribution in [-0.2, 0) is 11.2 Å². The third kappa shape index (κ3) is 4.37. The standard InChI is InChI=1S/C14H21NO3/c1-4-12(15)8-11-6-7-13(18-10(3)16)14(9-11)17-5-2/h6-7,9,12H,4-5,8,15H2,1-3H3. The fourth-order valence-corrected chi connectivity index (χ4v) is 1.63. The Morgan fingerprint density at radius 2 is 2.06 bits per heavy atom. The number of carbonyl (C=O) groups is 1. The van der Waals surface area contributed by atoms with Crippen molar-refractivity contribution in [3.05, 3.63) is 23.8 Å². The molecule has 100 valence electrons. The van der Waals surface area contributed by atoms with Crippen LogP contribution in [-0.4, -0.2) is 18.6 Å². The van der Waals surface area contributed by atoms with Gasteiger partial charge in [0.25, 0.3) is 0 Å². The Morgan fingerprint density at radius 1 is 1.33 bits per heavy atom. The monoisotopic (exact) mass is 251 g/mol. The lowest BCUT2D eigenvalue weighted by Crippen LogP contribution is -2.21. The summed E-state index contributed by atoms with van der Waals surface area (Å²) in [5.41, 5.74) is 7.01. The van der Waals surface area contributed by atoms with Crippen molar-refractivity contribution in [3.8, 4) is 11.5 Å². The summed E-state index contributed by atoms with van der Waals surface area (Å²) >= 11 is 0. The van der Waals surface area contributed by atoms with E-state index in [4.69, 9.17) is 15.2 Å². The van der Waals surface area contributed by atoms with Gasteiger partial charge in [-0.05, 0) is 37.5 Å². The second-order valence-corrected chi connectivity index (χ2v) is 4.18. The van der Waals surface area contributed by atoms with Crippen LogP contribution in [0.1, 0.15) is 32.8 Å². The molecule has 0 fully saturated rings. The van der Waals surface area contributed by atoms with E-state index in [0.29, 0.717) is 18.1 Å². The van der Waals surface area contributed by atoms with Crippen LogP contribution in [0, 0.1) is 0 Å². The van der Waals surface area contributed by atoms with Crippen molar-refractivity contribution in [3.63, 3.8) is 0 Å². The molecule has 0 saturated heterocycles. The van der Waals surface area contributed by atoms with E-state index in [1.54, 1.807) is 6.07 Å². The van der Waals surface area contributed by atoms with E-state index in [-0.39, 0.29) is 12.0 Å². The zero-order chi connectivity index (χ0) is 13.5. The highest BCUT2D eigenvalue weighted by Gasteiger charge is 2.10. The van der Waals surface area contributed by atoms with Gasteiger partial charge in [-0.1, -0.05) is 13.0 Å². The van der Waals surface area contributed by atoms with Crippen molar-refractivity contribution in [2.75, 3.05) is 6.61 Å². The van der Waals surface area contributed by atoms with Crippen LogP contribution in [0.4, 0.5) is 0 Å². The summed E-state index contributed by atoms with van der Waals surface area (Å²) in [5, 5.41) is 0. The molecule has 4 nitrogen and oxygen atoms in total. The molecule has 1 unspecified atom stereocenters. The van der Waals surface area contributed by atoms with Crippen molar-refractivity contribution in [2.24, 2.45) is 5.73 Å². The van der Waals surface area contributed by atoms with E-state index < -0.39 is 0 Å². The Hall–Kier alpha value is -1.55. The zero-order valence-electron chi connectivity index (χ0n) is 11.2. The van der Waals surface area contributed by atoms with Crippen molar-refractivity contribution >= 4 is 5.97 Å². The number of nitrogens with two attached hydrogens (primary N) is 1. The number of benzene rings is 1. The minimum Gasteiger partial charge on any atom is -0.490 e. The first-order valence-electron chi connectivity index (χ1n) is 6.26. The minimum absolute atomic E-state index is 0.138. The molecule has 4 heteroatoms. The summed E-state index contributed by atoms with van der Waals surface area (Å²) in [4.78, 5) is 11.0. The lowest BCUT2D eigenvalue weighted by Gasteiger charge is -2.13. The Balaban J connectivity index is 2.91. The molecule has 0 spiro atoms. The van der Waals surface area contributed by atoms with Gasteiger partial charge in [0.15, 0.2) is 11.5 Å².